The van der Waals surface area contributed by atoms with E-state index in [1.54, 1.807) is 18.3 Å². The highest BCUT2D eigenvalue weighted by atomic mass is 32.2. The Balaban J connectivity index is 1.22. The first-order valence-electron chi connectivity index (χ1n) is 9.05. The summed E-state index contributed by atoms with van der Waals surface area (Å²) in [6.45, 7) is 2.17. The largest absolute Gasteiger partial charge is 0.431 e. The predicted molar refractivity (Wildman–Crippen MR) is 98.4 cm³/mol. The van der Waals surface area contributed by atoms with Crippen molar-refractivity contribution in [3.8, 4) is 11.3 Å². The third kappa shape index (κ3) is 4.45. The molecule has 1 aliphatic heterocycles. The summed E-state index contributed by atoms with van der Waals surface area (Å²) in [4.78, 5) is 18.9. The van der Waals surface area contributed by atoms with Gasteiger partial charge in [-0.25, -0.2) is 9.37 Å². The van der Waals surface area contributed by atoms with Crippen molar-refractivity contribution in [3.63, 3.8) is 0 Å². The molecule has 138 valence electrons. The van der Waals surface area contributed by atoms with E-state index in [1.807, 2.05) is 0 Å². The van der Waals surface area contributed by atoms with Crippen LogP contribution in [-0.4, -0.2) is 46.7 Å². The number of amides is 1. The van der Waals surface area contributed by atoms with E-state index in [-0.39, 0.29) is 23.5 Å². The smallest absolute Gasteiger partial charge is 0.256 e. The second kappa shape index (κ2) is 7.80. The third-order valence-corrected chi connectivity index (χ3v) is 5.74. The minimum atomic E-state index is -0.289. The molecule has 1 N–H and O–H groups in total. The van der Waals surface area contributed by atoms with Gasteiger partial charge in [-0.15, -0.1) is 0 Å². The number of likely N-dealkylation sites (tertiary alicyclic amines) is 1. The lowest BCUT2D eigenvalue weighted by Gasteiger charge is -2.32. The molecule has 0 atom stereocenters. The van der Waals surface area contributed by atoms with Crippen LogP contribution in [0, 0.1) is 5.82 Å². The van der Waals surface area contributed by atoms with E-state index >= 15 is 0 Å². The van der Waals surface area contributed by atoms with Crippen molar-refractivity contribution in [3.05, 3.63) is 36.3 Å². The van der Waals surface area contributed by atoms with Crippen LogP contribution in [0.4, 0.5) is 4.39 Å². The summed E-state index contributed by atoms with van der Waals surface area (Å²) in [6.07, 6.45) is 6.33. The predicted octanol–water partition coefficient (Wildman–Crippen LogP) is 3.32. The molecule has 5 nitrogen and oxygen atoms in total. The molecule has 2 aliphatic rings. The summed E-state index contributed by atoms with van der Waals surface area (Å²) in [5, 5.41) is 3.56. The van der Waals surface area contributed by atoms with E-state index in [1.165, 1.54) is 36.7 Å². The third-order valence-electron chi connectivity index (χ3n) is 4.90. The van der Waals surface area contributed by atoms with Gasteiger partial charge in [0.2, 0.25) is 5.91 Å². The lowest BCUT2D eigenvalue weighted by Crippen LogP contribution is -2.45. The van der Waals surface area contributed by atoms with Gasteiger partial charge in [-0.05, 0) is 49.9 Å². The molecule has 1 aromatic carbocycles. The first kappa shape index (κ1) is 17.5. The van der Waals surface area contributed by atoms with E-state index in [4.69, 9.17) is 4.42 Å². The summed E-state index contributed by atoms with van der Waals surface area (Å²) < 4.78 is 18.6. The molecule has 2 fully saturated rings. The van der Waals surface area contributed by atoms with Gasteiger partial charge in [0.15, 0.2) is 5.76 Å². The first-order valence-corrected chi connectivity index (χ1v) is 10.0. The molecular weight excluding hydrogens is 353 g/mol. The molecule has 0 bridgehead atoms. The van der Waals surface area contributed by atoms with Crippen molar-refractivity contribution in [1.29, 1.82) is 0 Å². The van der Waals surface area contributed by atoms with Crippen LogP contribution in [0.15, 0.2) is 40.1 Å². The lowest BCUT2D eigenvalue weighted by molar-refractivity contribution is -0.119. The Morgan fingerprint density at radius 1 is 1.23 bits per heavy atom. The van der Waals surface area contributed by atoms with Crippen LogP contribution >= 0.6 is 11.8 Å². The Morgan fingerprint density at radius 2 is 1.96 bits per heavy atom. The number of nitrogens with one attached hydrogen (secondary N) is 1. The topological polar surface area (TPSA) is 58.4 Å². The number of halogens is 1. The number of hydrogen-bond acceptors (Lipinski definition) is 5. The minimum absolute atomic E-state index is 0.0152. The lowest BCUT2D eigenvalue weighted by atomic mass is 10.1. The van der Waals surface area contributed by atoms with Crippen molar-refractivity contribution in [1.82, 2.24) is 15.2 Å². The number of piperidine rings is 1. The molecule has 0 unspecified atom stereocenters. The number of benzene rings is 1. The highest BCUT2D eigenvalue weighted by molar-refractivity contribution is 7.99. The Kier molecular flexibility index (Phi) is 5.26. The Labute approximate surface area is 156 Å². The van der Waals surface area contributed by atoms with Gasteiger partial charge in [0.1, 0.15) is 5.82 Å². The molecule has 1 aromatic heterocycles. The molecule has 7 heteroatoms. The second-order valence-electron chi connectivity index (χ2n) is 6.89. The van der Waals surface area contributed by atoms with E-state index in [0.717, 1.165) is 37.5 Å². The summed E-state index contributed by atoms with van der Waals surface area (Å²) in [5.41, 5.74) is 0.762. The van der Waals surface area contributed by atoms with Gasteiger partial charge in [0, 0.05) is 30.7 Å². The molecule has 1 saturated heterocycles. The molecule has 4 rings (SSSR count). The van der Waals surface area contributed by atoms with Gasteiger partial charge in [0.25, 0.3) is 5.22 Å². The van der Waals surface area contributed by atoms with Crippen molar-refractivity contribution < 1.29 is 13.6 Å². The minimum Gasteiger partial charge on any atom is -0.431 e. The summed E-state index contributed by atoms with van der Waals surface area (Å²) in [5.74, 6) is 0.580. The van der Waals surface area contributed by atoms with E-state index in [0.29, 0.717) is 11.0 Å². The number of carbonyl (C=O) groups is 1. The summed E-state index contributed by atoms with van der Waals surface area (Å²) >= 11 is 1.28. The van der Waals surface area contributed by atoms with E-state index in [9.17, 15) is 9.18 Å². The molecule has 1 amide bonds. The van der Waals surface area contributed by atoms with Gasteiger partial charge >= 0.3 is 0 Å². The molecular formula is C19H22FN3O2S. The summed E-state index contributed by atoms with van der Waals surface area (Å²) in [7, 11) is 0. The SMILES string of the molecule is O=C(CSc1ncc(-c2ccc(F)cc2)o1)NC1CCN(C2CC2)CC1. The Morgan fingerprint density at radius 3 is 2.65 bits per heavy atom. The Hall–Kier alpha value is -1.86. The van der Waals surface area contributed by atoms with Crippen LogP contribution in [0.25, 0.3) is 11.3 Å². The monoisotopic (exact) mass is 375 g/mol. The molecule has 1 saturated carbocycles. The Bertz CT molecular complexity index is 752. The quantitative estimate of drug-likeness (QED) is 0.785. The standard InChI is InChI=1S/C19H22FN3O2S/c20-14-3-1-13(2-4-14)17-11-21-19(25-17)26-12-18(24)22-15-7-9-23(10-8-15)16-5-6-16/h1-4,11,15-16H,5-10,12H2,(H,22,24). The van der Waals surface area contributed by atoms with Gasteiger partial charge in [-0.1, -0.05) is 11.8 Å². The van der Waals surface area contributed by atoms with Crippen LogP contribution in [0.3, 0.4) is 0 Å². The van der Waals surface area contributed by atoms with Crippen molar-refractivity contribution in [2.24, 2.45) is 0 Å². The zero-order valence-electron chi connectivity index (χ0n) is 14.5. The van der Waals surface area contributed by atoms with Crippen LogP contribution in [0.1, 0.15) is 25.7 Å². The summed E-state index contributed by atoms with van der Waals surface area (Å²) in [6, 6.07) is 7.13. The fourth-order valence-electron chi connectivity index (χ4n) is 3.32. The highest BCUT2D eigenvalue weighted by Crippen LogP contribution is 2.29. The zero-order chi connectivity index (χ0) is 17.9. The number of thioether (sulfide) groups is 1. The van der Waals surface area contributed by atoms with Crippen molar-refractivity contribution >= 4 is 17.7 Å². The maximum atomic E-state index is 13.0. The van der Waals surface area contributed by atoms with Crippen LogP contribution in [0.2, 0.25) is 0 Å². The van der Waals surface area contributed by atoms with Crippen LogP contribution < -0.4 is 5.32 Å². The van der Waals surface area contributed by atoms with Crippen LogP contribution in [-0.2, 0) is 4.79 Å². The number of oxazole rings is 1. The highest BCUT2D eigenvalue weighted by Gasteiger charge is 2.32. The molecule has 26 heavy (non-hydrogen) atoms. The normalized spacial score (nSPS) is 18.8. The number of aromatic nitrogens is 1. The van der Waals surface area contributed by atoms with Crippen molar-refractivity contribution in [2.45, 2.75) is 43.0 Å². The van der Waals surface area contributed by atoms with Gasteiger partial charge in [0.05, 0.1) is 11.9 Å². The van der Waals surface area contributed by atoms with Crippen molar-refractivity contribution in [2.75, 3.05) is 18.8 Å². The number of nitrogens with zero attached hydrogens (tertiary/aromatic N) is 2. The average molecular weight is 375 g/mol. The fraction of sp³-hybridized carbons (Fsp3) is 0.474. The second-order valence-corrected chi connectivity index (χ2v) is 7.82. The number of carbonyl (C=O) groups excluding carboxylic acids is 1. The number of hydrogen-bond donors (Lipinski definition) is 1. The fourth-order valence-corrected chi connectivity index (χ4v) is 3.93. The number of rotatable bonds is 6. The zero-order valence-corrected chi connectivity index (χ0v) is 15.3. The molecule has 0 radical (unpaired) electrons. The first-order chi connectivity index (χ1) is 12.7. The van der Waals surface area contributed by atoms with Gasteiger partial charge in [-0.3, -0.25) is 4.79 Å². The molecule has 2 heterocycles. The van der Waals surface area contributed by atoms with E-state index < -0.39 is 0 Å². The van der Waals surface area contributed by atoms with Gasteiger partial charge in [-0.2, -0.15) is 0 Å². The molecule has 1 aliphatic carbocycles. The van der Waals surface area contributed by atoms with Crippen LogP contribution in [0.5, 0.6) is 0 Å². The maximum Gasteiger partial charge on any atom is 0.256 e. The maximum absolute atomic E-state index is 13.0. The molecule has 0 spiro atoms. The van der Waals surface area contributed by atoms with Gasteiger partial charge < -0.3 is 14.6 Å². The average Bonchev–Trinajstić information content (AvgIpc) is 3.39. The molecule has 2 aromatic rings. The van der Waals surface area contributed by atoms with E-state index in [2.05, 4.69) is 15.2 Å².